The molecule has 16 heteroatoms. The second-order valence-corrected chi connectivity index (χ2v) is 16.6. The smallest absolute Gasteiger partial charge is 0.335 e. The standard InChI is InChI=1S/C42H60N4O12/c1-40(2,3)56-34(48)23-22-31(38(53)58-42(7,8)9)46-39(54)45-30(37(52)57-41(4,5)6)17-13-14-24-43-35(49)32(25-27-15-11-10-12-16-27)44-33(47)26-55-29-20-18-28(19-21-29)36(50)51/h10-12,15-16,18-21,30-32H,13-14,17,22-26H2,1-9H3,(H,43,49)(H,44,47)(H,50,51)(H2,45,46,54). The highest BCUT2D eigenvalue weighted by molar-refractivity contribution is 5.89. The minimum atomic E-state index is -1.23. The van der Waals surface area contributed by atoms with Gasteiger partial charge in [-0.3, -0.25) is 14.4 Å². The summed E-state index contributed by atoms with van der Waals surface area (Å²) in [5, 5.41) is 19.7. The zero-order valence-electron chi connectivity index (χ0n) is 35.0. The van der Waals surface area contributed by atoms with Crippen LogP contribution >= 0.6 is 0 Å². The van der Waals surface area contributed by atoms with E-state index in [1.54, 1.807) is 62.3 Å². The van der Waals surface area contributed by atoms with E-state index in [-0.39, 0.29) is 43.5 Å². The number of unbranched alkanes of at least 4 members (excludes halogenated alkanes) is 1. The van der Waals surface area contributed by atoms with Crippen LogP contribution in [-0.2, 0) is 44.6 Å². The van der Waals surface area contributed by atoms with Gasteiger partial charge in [0.15, 0.2) is 6.61 Å². The number of carbonyl (C=O) groups is 7. The summed E-state index contributed by atoms with van der Waals surface area (Å²) in [5.41, 5.74) is -1.63. The number of carboxylic acid groups (broad SMARTS) is 1. The summed E-state index contributed by atoms with van der Waals surface area (Å²) < 4.78 is 21.8. The van der Waals surface area contributed by atoms with Crippen molar-refractivity contribution in [3.63, 3.8) is 0 Å². The Hall–Kier alpha value is -5.67. The van der Waals surface area contributed by atoms with E-state index in [4.69, 9.17) is 24.1 Å². The maximum atomic E-state index is 13.3. The monoisotopic (exact) mass is 812 g/mol. The molecule has 0 saturated carbocycles. The van der Waals surface area contributed by atoms with Crippen molar-refractivity contribution in [3.8, 4) is 5.75 Å². The van der Waals surface area contributed by atoms with E-state index in [9.17, 15) is 33.6 Å². The van der Waals surface area contributed by atoms with Gasteiger partial charge in [0.25, 0.3) is 5.91 Å². The zero-order chi connectivity index (χ0) is 43.7. The highest BCUT2D eigenvalue weighted by Gasteiger charge is 2.31. The quantitative estimate of drug-likeness (QED) is 0.0702. The van der Waals surface area contributed by atoms with Crippen molar-refractivity contribution in [3.05, 3.63) is 65.7 Å². The predicted molar refractivity (Wildman–Crippen MR) is 214 cm³/mol. The van der Waals surface area contributed by atoms with Gasteiger partial charge in [-0.05, 0) is 118 Å². The van der Waals surface area contributed by atoms with Crippen molar-refractivity contribution in [2.45, 2.75) is 136 Å². The number of carboxylic acids is 1. The van der Waals surface area contributed by atoms with E-state index in [1.165, 1.54) is 24.3 Å². The molecule has 0 aliphatic rings. The molecule has 0 aromatic heterocycles. The van der Waals surface area contributed by atoms with Crippen LogP contribution in [0.5, 0.6) is 5.75 Å². The van der Waals surface area contributed by atoms with Gasteiger partial charge in [0, 0.05) is 19.4 Å². The molecule has 0 bridgehead atoms. The summed E-state index contributed by atoms with van der Waals surface area (Å²) in [5.74, 6) is -3.88. The average Bonchev–Trinajstić information content (AvgIpc) is 3.09. The fourth-order valence-corrected chi connectivity index (χ4v) is 5.20. The number of hydrogen-bond donors (Lipinski definition) is 5. The van der Waals surface area contributed by atoms with E-state index in [1.807, 2.05) is 30.3 Å². The highest BCUT2D eigenvalue weighted by atomic mass is 16.6. The van der Waals surface area contributed by atoms with Crippen LogP contribution in [0, 0.1) is 0 Å². The van der Waals surface area contributed by atoms with Crippen LogP contribution in [0.15, 0.2) is 54.6 Å². The lowest BCUT2D eigenvalue weighted by Crippen LogP contribution is -2.53. The molecule has 4 amide bonds. The molecule has 0 aliphatic heterocycles. The van der Waals surface area contributed by atoms with Crippen molar-refractivity contribution < 1.29 is 57.6 Å². The first kappa shape index (κ1) is 48.5. The number of nitrogens with one attached hydrogen (secondary N) is 4. The number of rotatable bonds is 20. The third kappa shape index (κ3) is 20.5. The van der Waals surface area contributed by atoms with E-state index < -0.39 is 83.3 Å². The van der Waals surface area contributed by atoms with Gasteiger partial charge in [-0.2, -0.15) is 0 Å². The van der Waals surface area contributed by atoms with Gasteiger partial charge in [0.05, 0.1) is 5.56 Å². The SMILES string of the molecule is CC(C)(C)OC(=O)CCC(NC(=O)NC(CCCCNC(=O)C(Cc1ccccc1)NC(=O)COc1ccc(C(=O)O)cc1)C(=O)OC(C)(C)C)C(=O)OC(C)(C)C. The molecule has 0 saturated heterocycles. The molecule has 5 N–H and O–H groups in total. The predicted octanol–water partition coefficient (Wildman–Crippen LogP) is 4.62. The van der Waals surface area contributed by atoms with Gasteiger partial charge in [-0.1, -0.05) is 30.3 Å². The first-order chi connectivity index (χ1) is 26.9. The third-order valence-corrected chi connectivity index (χ3v) is 7.67. The number of hydrogen-bond acceptors (Lipinski definition) is 11. The lowest BCUT2D eigenvalue weighted by atomic mass is 10.0. The van der Waals surface area contributed by atoms with Crippen LogP contribution in [0.3, 0.4) is 0 Å². The number of ether oxygens (including phenoxy) is 4. The fourth-order valence-electron chi connectivity index (χ4n) is 5.20. The van der Waals surface area contributed by atoms with E-state index in [2.05, 4.69) is 21.3 Å². The van der Waals surface area contributed by atoms with Gasteiger partial charge < -0.3 is 45.3 Å². The Bertz CT molecular complexity index is 1690. The largest absolute Gasteiger partial charge is 0.484 e. The Morgan fingerprint density at radius 2 is 1.17 bits per heavy atom. The summed E-state index contributed by atoms with van der Waals surface area (Å²) in [7, 11) is 0. The first-order valence-electron chi connectivity index (χ1n) is 19.2. The minimum absolute atomic E-state index is 0.0655. The Morgan fingerprint density at radius 1 is 0.638 bits per heavy atom. The van der Waals surface area contributed by atoms with Gasteiger partial charge in [-0.15, -0.1) is 0 Å². The van der Waals surface area contributed by atoms with Crippen LogP contribution in [0.25, 0.3) is 0 Å². The molecule has 0 heterocycles. The first-order valence-corrected chi connectivity index (χ1v) is 19.2. The molecule has 320 valence electrons. The van der Waals surface area contributed by atoms with Crippen LogP contribution < -0.4 is 26.0 Å². The normalized spacial score (nSPS) is 13.1. The molecule has 0 radical (unpaired) electrons. The molecule has 58 heavy (non-hydrogen) atoms. The maximum absolute atomic E-state index is 13.3. The Morgan fingerprint density at radius 3 is 1.69 bits per heavy atom. The lowest BCUT2D eigenvalue weighted by molar-refractivity contribution is -0.159. The highest BCUT2D eigenvalue weighted by Crippen LogP contribution is 2.16. The van der Waals surface area contributed by atoms with Gasteiger partial charge in [0.1, 0.15) is 40.7 Å². The summed E-state index contributed by atoms with van der Waals surface area (Å²) in [6.45, 7) is 14.9. The maximum Gasteiger partial charge on any atom is 0.335 e. The number of benzene rings is 2. The summed E-state index contributed by atoms with van der Waals surface area (Å²) >= 11 is 0. The van der Waals surface area contributed by atoms with Gasteiger partial charge >= 0.3 is 29.9 Å². The average molecular weight is 813 g/mol. The van der Waals surface area contributed by atoms with E-state index in [0.29, 0.717) is 12.8 Å². The Balaban J connectivity index is 2.05. The zero-order valence-corrected chi connectivity index (χ0v) is 35.0. The minimum Gasteiger partial charge on any atom is -0.484 e. The Labute approximate surface area is 340 Å². The number of esters is 3. The van der Waals surface area contributed by atoms with Crippen LogP contribution in [0.1, 0.15) is 110 Å². The Kier molecular flexibility index (Phi) is 18.7. The second-order valence-electron chi connectivity index (χ2n) is 16.6. The molecular formula is C42H60N4O12. The number of aromatic carboxylic acids is 1. The summed E-state index contributed by atoms with van der Waals surface area (Å²) in [6, 6.07) is 10.5. The molecule has 3 atom stereocenters. The van der Waals surface area contributed by atoms with Crippen LogP contribution in [0.2, 0.25) is 0 Å². The van der Waals surface area contributed by atoms with Crippen LogP contribution in [-0.4, -0.2) is 94.9 Å². The summed E-state index contributed by atoms with van der Waals surface area (Å²) in [4.78, 5) is 89.2. The van der Waals surface area contributed by atoms with Gasteiger partial charge in [0.2, 0.25) is 5.91 Å². The number of amides is 4. The molecule has 2 aromatic carbocycles. The molecule has 2 aromatic rings. The fraction of sp³-hybridized carbons (Fsp3) is 0.548. The molecule has 16 nitrogen and oxygen atoms in total. The van der Waals surface area contributed by atoms with E-state index in [0.717, 1.165) is 5.56 Å². The lowest BCUT2D eigenvalue weighted by Gasteiger charge is -2.27. The van der Waals surface area contributed by atoms with E-state index >= 15 is 0 Å². The topological polar surface area (TPSA) is 225 Å². The second kappa shape index (κ2) is 22.3. The van der Waals surface area contributed by atoms with Crippen molar-refractivity contribution in [2.24, 2.45) is 0 Å². The molecular weight excluding hydrogens is 752 g/mol. The van der Waals surface area contributed by atoms with Gasteiger partial charge in [-0.25, -0.2) is 19.2 Å². The number of urea groups is 1. The van der Waals surface area contributed by atoms with Crippen LogP contribution in [0.4, 0.5) is 4.79 Å². The van der Waals surface area contributed by atoms with Crippen molar-refractivity contribution in [1.82, 2.24) is 21.3 Å². The molecule has 3 unspecified atom stereocenters. The molecule has 2 rings (SSSR count). The van der Waals surface area contributed by atoms with Crippen molar-refractivity contribution in [1.29, 1.82) is 0 Å². The van der Waals surface area contributed by atoms with Crippen molar-refractivity contribution >= 4 is 41.7 Å². The number of carbonyl (C=O) groups excluding carboxylic acids is 6. The van der Waals surface area contributed by atoms with Crippen molar-refractivity contribution in [2.75, 3.05) is 13.2 Å². The molecule has 0 fully saturated rings. The molecule has 0 aliphatic carbocycles. The summed E-state index contributed by atoms with van der Waals surface area (Å²) in [6.07, 6.45) is 0.733. The third-order valence-electron chi connectivity index (χ3n) is 7.67. The molecule has 0 spiro atoms.